The molecule has 0 radical (unpaired) electrons. The molecule has 0 unspecified atom stereocenters. The summed E-state index contributed by atoms with van der Waals surface area (Å²) in [6.45, 7) is 1.90. The second-order valence-electron chi connectivity index (χ2n) is 4.23. The first kappa shape index (κ1) is 14.5. The SMILES string of the molecule is Cc1ccccc1NC(=O)CSc1ccc(F)c(F)c1. The molecule has 2 nitrogen and oxygen atoms in total. The Labute approximate surface area is 120 Å². The smallest absolute Gasteiger partial charge is 0.234 e. The van der Waals surface area contributed by atoms with Gasteiger partial charge < -0.3 is 5.32 Å². The monoisotopic (exact) mass is 293 g/mol. The van der Waals surface area contributed by atoms with Crippen LogP contribution in [0.4, 0.5) is 14.5 Å². The lowest BCUT2D eigenvalue weighted by molar-refractivity contribution is -0.113. The van der Waals surface area contributed by atoms with Crippen LogP contribution in [-0.2, 0) is 4.79 Å². The Hall–Kier alpha value is -1.88. The minimum Gasteiger partial charge on any atom is -0.325 e. The van der Waals surface area contributed by atoms with Gasteiger partial charge in [-0.15, -0.1) is 11.8 Å². The van der Waals surface area contributed by atoms with Gasteiger partial charge in [0.1, 0.15) is 0 Å². The number of anilines is 1. The third kappa shape index (κ3) is 3.81. The zero-order chi connectivity index (χ0) is 14.5. The molecule has 0 aliphatic rings. The van der Waals surface area contributed by atoms with Gasteiger partial charge in [-0.1, -0.05) is 18.2 Å². The number of halogens is 2. The summed E-state index contributed by atoms with van der Waals surface area (Å²) in [6, 6.07) is 11.0. The number of hydrogen-bond donors (Lipinski definition) is 1. The highest BCUT2D eigenvalue weighted by molar-refractivity contribution is 8.00. The van der Waals surface area contributed by atoms with Crippen LogP contribution in [0.3, 0.4) is 0 Å². The van der Waals surface area contributed by atoms with Crippen molar-refractivity contribution in [3.8, 4) is 0 Å². The maximum absolute atomic E-state index is 13.0. The van der Waals surface area contributed by atoms with Crippen LogP contribution in [0.25, 0.3) is 0 Å². The molecule has 0 heterocycles. The summed E-state index contributed by atoms with van der Waals surface area (Å²) in [5.74, 6) is -1.85. The van der Waals surface area contributed by atoms with Gasteiger partial charge in [0.25, 0.3) is 0 Å². The van der Waals surface area contributed by atoms with Crippen molar-refractivity contribution in [2.24, 2.45) is 0 Å². The summed E-state index contributed by atoms with van der Waals surface area (Å²) in [6.07, 6.45) is 0. The van der Waals surface area contributed by atoms with Crippen molar-refractivity contribution in [3.63, 3.8) is 0 Å². The second-order valence-corrected chi connectivity index (χ2v) is 5.28. The molecule has 5 heteroatoms. The Balaban J connectivity index is 1.92. The molecule has 0 aliphatic heterocycles. The van der Waals surface area contributed by atoms with Crippen molar-refractivity contribution in [1.82, 2.24) is 0 Å². The predicted octanol–water partition coefficient (Wildman–Crippen LogP) is 4.00. The van der Waals surface area contributed by atoms with E-state index in [1.165, 1.54) is 6.07 Å². The lowest BCUT2D eigenvalue weighted by Crippen LogP contribution is -2.14. The van der Waals surface area contributed by atoms with Crippen LogP contribution in [0.1, 0.15) is 5.56 Å². The number of aryl methyl sites for hydroxylation is 1. The fourth-order valence-corrected chi connectivity index (χ4v) is 2.34. The zero-order valence-electron chi connectivity index (χ0n) is 10.8. The molecule has 0 bridgehead atoms. The van der Waals surface area contributed by atoms with E-state index in [1.807, 2.05) is 31.2 Å². The summed E-state index contributed by atoms with van der Waals surface area (Å²) >= 11 is 1.16. The second kappa shape index (κ2) is 6.52. The summed E-state index contributed by atoms with van der Waals surface area (Å²) < 4.78 is 25.8. The first-order chi connectivity index (χ1) is 9.56. The zero-order valence-corrected chi connectivity index (χ0v) is 11.6. The highest BCUT2D eigenvalue weighted by Gasteiger charge is 2.07. The molecule has 0 saturated carbocycles. The molecule has 2 rings (SSSR count). The third-order valence-corrected chi connectivity index (χ3v) is 3.67. The lowest BCUT2D eigenvalue weighted by atomic mass is 10.2. The number of amides is 1. The molecule has 1 amide bonds. The van der Waals surface area contributed by atoms with E-state index < -0.39 is 11.6 Å². The number of benzene rings is 2. The standard InChI is InChI=1S/C15H13F2NOS/c1-10-4-2-3-5-14(10)18-15(19)9-20-11-6-7-12(16)13(17)8-11/h2-8H,9H2,1H3,(H,18,19). The van der Waals surface area contributed by atoms with E-state index in [0.29, 0.717) is 4.90 Å². The largest absolute Gasteiger partial charge is 0.325 e. The Morgan fingerprint density at radius 2 is 1.90 bits per heavy atom. The molecule has 20 heavy (non-hydrogen) atoms. The summed E-state index contributed by atoms with van der Waals surface area (Å²) in [5.41, 5.74) is 1.72. The van der Waals surface area contributed by atoms with Gasteiger partial charge in [-0.2, -0.15) is 0 Å². The van der Waals surface area contributed by atoms with E-state index >= 15 is 0 Å². The Morgan fingerprint density at radius 3 is 2.60 bits per heavy atom. The maximum atomic E-state index is 13.0. The van der Waals surface area contributed by atoms with Gasteiger partial charge in [-0.05, 0) is 36.8 Å². The van der Waals surface area contributed by atoms with Gasteiger partial charge in [0, 0.05) is 10.6 Å². The number of para-hydroxylation sites is 1. The molecule has 2 aromatic carbocycles. The van der Waals surface area contributed by atoms with Crippen LogP contribution in [-0.4, -0.2) is 11.7 Å². The van der Waals surface area contributed by atoms with Crippen LogP contribution in [0.5, 0.6) is 0 Å². The van der Waals surface area contributed by atoms with Gasteiger partial charge in [-0.25, -0.2) is 8.78 Å². The van der Waals surface area contributed by atoms with E-state index in [1.54, 1.807) is 0 Å². The summed E-state index contributed by atoms with van der Waals surface area (Å²) in [4.78, 5) is 12.3. The van der Waals surface area contributed by atoms with E-state index in [2.05, 4.69) is 5.32 Å². The van der Waals surface area contributed by atoms with Crippen LogP contribution in [0.15, 0.2) is 47.4 Å². The number of carbonyl (C=O) groups excluding carboxylic acids is 1. The average Bonchev–Trinajstić information content (AvgIpc) is 2.43. The number of hydrogen-bond acceptors (Lipinski definition) is 2. The number of thioether (sulfide) groups is 1. The van der Waals surface area contributed by atoms with Gasteiger partial charge in [0.05, 0.1) is 5.75 Å². The molecule has 0 saturated heterocycles. The molecule has 0 aliphatic carbocycles. The topological polar surface area (TPSA) is 29.1 Å². The molecule has 1 N–H and O–H groups in total. The van der Waals surface area contributed by atoms with E-state index in [4.69, 9.17) is 0 Å². The first-order valence-corrected chi connectivity index (χ1v) is 6.98. The number of rotatable bonds is 4. The summed E-state index contributed by atoms with van der Waals surface area (Å²) in [5, 5.41) is 2.78. The third-order valence-electron chi connectivity index (χ3n) is 2.68. The molecule has 104 valence electrons. The van der Waals surface area contributed by atoms with Crippen molar-refractivity contribution >= 4 is 23.4 Å². The maximum Gasteiger partial charge on any atom is 0.234 e. The van der Waals surface area contributed by atoms with Crippen molar-refractivity contribution in [1.29, 1.82) is 0 Å². The van der Waals surface area contributed by atoms with E-state index in [-0.39, 0.29) is 11.7 Å². The van der Waals surface area contributed by atoms with Gasteiger partial charge in [0.15, 0.2) is 11.6 Å². The Morgan fingerprint density at radius 1 is 1.15 bits per heavy atom. The Kier molecular flexibility index (Phi) is 4.74. The van der Waals surface area contributed by atoms with Crippen LogP contribution >= 0.6 is 11.8 Å². The lowest BCUT2D eigenvalue weighted by Gasteiger charge is -2.08. The number of nitrogens with one attached hydrogen (secondary N) is 1. The molecule has 0 spiro atoms. The fourth-order valence-electron chi connectivity index (χ4n) is 1.61. The molecular weight excluding hydrogens is 280 g/mol. The minimum atomic E-state index is -0.908. The van der Waals surface area contributed by atoms with Gasteiger partial charge in [0.2, 0.25) is 5.91 Å². The minimum absolute atomic E-state index is 0.138. The fraction of sp³-hybridized carbons (Fsp3) is 0.133. The molecule has 0 atom stereocenters. The molecule has 2 aromatic rings. The molecule has 0 aromatic heterocycles. The van der Waals surface area contributed by atoms with Crippen LogP contribution in [0, 0.1) is 18.6 Å². The van der Waals surface area contributed by atoms with Crippen molar-refractivity contribution in [2.75, 3.05) is 11.1 Å². The summed E-state index contributed by atoms with van der Waals surface area (Å²) in [7, 11) is 0. The first-order valence-electron chi connectivity index (χ1n) is 5.99. The van der Waals surface area contributed by atoms with Crippen molar-refractivity contribution in [2.45, 2.75) is 11.8 Å². The predicted molar refractivity (Wildman–Crippen MR) is 76.9 cm³/mol. The molecular formula is C15H13F2NOS. The van der Waals surface area contributed by atoms with Crippen LogP contribution in [0.2, 0.25) is 0 Å². The van der Waals surface area contributed by atoms with Gasteiger partial charge in [-0.3, -0.25) is 4.79 Å². The number of carbonyl (C=O) groups is 1. The quantitative estimate of drug-likeness (QED) is 0.863. The van der Waals surface area contributed by atoms with Crippen molar-refractivity contribution < 1.29 is 13.6 Å². The normalized spacial score (nSPS) is 10.3. The van der Waals surface area contributed by atoms with Crippen LogP contribution < -0.4 is 5.32 Å². The van der Waals surface area contributed by atoms with E-state index in [0.717, 1.165) is 35.1 Å². The highest BCUT2D eigenvalue weighted by atomic mass is 32.2. The Bertz CT molecular complexity index is 631. The van der Waals surface area contributed by atoms with Crippen molar-refractivity contribution in [3.05, 3.63) is 59.7 Å². The molecule has 0 fully saturated rings. The van der Waals surface area contributed by atoms with Gasteiger partial charge >= 0.3 is 0 Å². The van der Waals surface area contributed by atoms with E-state index in [9.17, 15) is 13.6 Å². The highest BCUT2D eigenvalue weighted by Crippen LogP contribution is 2.21. The average molecular weight is 293 g/mol.